The fraction of sp³-hybridized carbons (Fsp3) is 0.438. The van der Waals surface area contributed by atoms with E-state index >= 15 is 0 Å². The molecule has 3 nitrogen and oxygen atoms in total. The molecule has 2 rings (SSSR count). The van der Waals surface area contributed by atoms with Gasteiger partial charge in [0.15, 0.2) is 5.96 Å². The Morgan fingerprint density at radius 1 is 1.26 bits per heavy atom. The summed E-state index contributed by atoms with van der Waals surface area (Å²) < 4.78 is 36.6. The molecule has 0 aromatic heterocycles. The second-order valence-corrected chi connectivity index (χ2v) is 5.13. The van der Waals surface area contributed by atoms with Crippen LogP contribution in [0.15, 0.2) is 41.4 Å². The number of guanidine groups is 1. The first-order valence-corrected chi connectivity index (χ1v) is 7.26. The molecule has 1 aromatic rings. The van der Waals surface area contributed by atoms with E-state index in [1.807, 2.05) is 23.1 Å². The average molecular weight is 439 g/mol. The summed E-state index contributed by atoms with van der Waals surface area (Å²) in [6, 6.07) is 10.1. The van der Waals surface area contributed by atoms with Crippen molar-refractivity contribution >= 4 is 35.5 Å². The molecule has 0 radical (unpaired) electrons. The number of nitrogens with one attached hydrogen (secondary N) is 1. The topological polar surface area (TPSA) is 27.6 Å². The molecule has 0 saturated carbocycles. The van der Waals surface area contributed by atoms with E-state index in [2.05, 4.69) is 28.5 Å². The summed E-state index contributed by atoms with van der Waals surface area (Å²) in [6.45, 7) is 1.24. The van der Waals surface area contributed by atoms with Gasteiger partial charge in [-0.2, -0.15) is 13.2 Å². The Balaban J connectivity index is 0.00000264. The molecule has 1 heterocycles. The predicted molar refractivity (Wildman–Crippen MR) is 98.1 cm³/mol. The van der Waals surface area contributed by atoms with E-state index < -0.39 is 12.6 Å². The molecule has 1 N–H and O–H groups in total. The molecule has 0 bridgehead atoms. The highest BCUT2D eigenvalue weighted by molar-refractivity contribution is 14.0. The number of benzene rings is 1. The molecule has 0 unspecified atom stereocenters. The van der Waals surface area contributed by atoms with Gasteiger partial charge in [-0.3, -0.25) is 4.99 Å². The van der Waals surface area contributed by atoms with Gasteiger partial charge >= 0.3 is 6.18 Å². The maximum atomic E-state index is 12.2. The third-order valence-electron chi connectivity index (χ3n) is 3.56. The van der Waals surface area contributed by atoms with Crippen molar-refractivity contribution in [3.05, 3.63) is 42.0 Å². The van der Waals surface area contributed by atoms with Crippen LogP contribution >= 0.6 is 24.0 Å². The van der Waals surface area contributed by atoms with E-state index in [1.54, 1.807) is 7.05 Å². The quantitative estimate of drug-likeness (QED) is 0.440. The zero-order valence-electron chi connectivity index (χ0n) is 12.9. The molecule has 0 saturated heterocycles. The highest BCUT2D eigenvalue weighted by atomic mass is 127. The average Bonchev–Trinajstić information content (AvgIpc) is 2.52. The Kier molecular flexibility index (Phi) is 7.87. The van der Waals surface area contributed by atoms with Gasteiger partial charge in [0.1, 0.15) is 0 Å². The van der Waals surface area contributed by atoms with Crippen molar-refractivity contribution < 1.29 is 13.2 Å². The molecule has 0 atom stereocenters. The predicted octanol–water partition coefficient (Wildman–Crippen LogP) is 3.92. The Labute approximate surface area is 151 Å². The molecular weight excluding hydrogens is 418 g/mol. The first-order chi connectivity index (χ1) is 10.5. The smallest absolute Gasteiger partial charge is 0.356 e. The molecule has 0 amide bonds. The second kappa shape index (κ2) is 9.14. The minimum atomic E-state index is -4.14. The largest absolute Gasteiger partial charge is 0.390 e. The van der Waals surface area contributed by atoms with Crippen molar-refractivity contribution in [2.45, 2.75) is 19.0 Å². The van der Waals surface area contributed by atoms with E-state index in [0.717, 1.165) is 13.0 Å². The van der Waals surface area contributed by atoms with Crippen molar-refractivity contribution in [2.24, 2.45) is 4.99 Å². The lowest BCUT2D eigenvalue weighted by atomic mass is 10.00. The van der Waals surface area contributed by atoms with Crippen molar-refractivity contribution in [1.29, 1.82) is 0 Å². The highest BCUT2D eigenvalue weighted by Gasteiger charge is 2.26. The summed E-state index contributed by atoms with van der Waals surface area (Å²) in [7, 11) is 1.59. The van der Waals surface area contributed by atoms with Crippen LogP contribution in [0.4, 0.5) is 13.2 Å². The summed E-state index contributed by atoms with van der Waals surface area (Å²) in [4.78, 5) is 6.03. The van der Waals surface area contributed by atoms with Gasteiger partial charge in [-0.25, -0.2) is 0 Å². The summed E-state index contributed by atoms with van der Waals surface area (Å²) in [5, 5.41) is 2.78. The van der Waals surface area contributed by atoms with Crippen LogP contribution in [0.1, 0.15) is 18.4 Å². The van der Waals surface area contributed by atoms with Crippen LogP contribution in [0, 0.1) is 0 Å². The Hall–Kier alpha value is -1.25. The van der Waals surface area contributed by atoms with E-state index in [-0.39, 0.29) is 30.5 Å². The monoisotopic (exact) mass is 439 g/mol. The SMILES string of the molecule is CN=C(NCCC(F)(F)F)N1CC=C(c2ccccc2)CC1.I. The zero-order chi connectivity index (χ0) is 16.0. The van der Waals surface area contributed by atoms with Gasteiger partial charge in [-0.05, 0) is 17.6 Å². The fourth-order valence-corrected chi connectivity index (χ4v) is 2.42. The summed E-state index contributed by atoms with van der Waals surface area (Å²) in [6.07, 6.45) is -2.04. The number of hydrogen-bond acceptors (Lipinski definition) is 1. The van der Waals surface area contributed by atoms with Crippen LogP contribution in [0.25, 0.3) is 5.57 Å². The third kappa shape index (κ3) is 6.40. The van der Waals surface area contributed by atoms with Crippen LogP contribution in [0.2, 0.25) is 0 Å². The van der Waals surface area contributed by atoms with Gasteiger partial charge in [0, 0.05) is 26.7 Å². The molecule has 0 fully saturated rings. The molecule has 0 spiro atoms. The molecular formula is C16H21F3IN3. The number of alkyl halides is 3. The standard InChI is InChI=1S/C16H20F3N3.HI/c1-20-15(21-10-9-16(17,18)19)22-11-7-14(8-12-22)13-5-3-2-4-6-13;/h2-7H,8-12H2,1H3,(H,20,21);1H. The molecule has 128 valence electrons. The lowest BCUT2D eigenvalue weighted by molar-refractivity contribution is -0.132. The number of hydrogen-bond donors (Lipinski definition) is 1. The van der Waals surface area contributed by atoms with Gasteiger partial charge < -0.3 is 10.2 Å². The number of rotatable bonds is 3. The first kappa shape index (κ1) is 19.8. The van der Waals surface area contributed by atoms with E-state index in [1.165, 1.54) is 11.1 Å². The van der Waals surface area contributed by atoms with Gasteiger partial charge in [0.2, 0.25) is 0 Å². The summed E-state index contributed by atoms with van der Waals surface area (Å²) >= 11 is 0. The van der Waals surface area contributed by atoms with Crippen molar-refractivity contribution in [3.8, 4) is 0 Å². The number of aliphatic imine (C=N–C) groups is 1. The number of nitrogens with zero attached hydrogens (tertiary/aromatic N) is 2. The molecule has 7 heteroatoms. The van der Waals surface area contributed by atoms with Gasteiger partial charge in [-0.1, -0.05) is 36.4 Å². The van der Waals surface area contributed by atoms with Gasteiger partial charge in [-0.15, -0.1) is 24.0 Å². The van der Waals surface area contributed by atoms with E-state index in [0.29, 0.717) is 12.5 Å². The van der Waals surface area contributed by atoms with Crippen LogP contribution in [0.3, 0.4) is 0 Å². The summed E-state index contributed by atoms with van der Waals surface area (Å²) in [5.74, 6) is 0.521. The van der Waals surface area contributed by atoms with Gasteiger partial charge in [0.05, 0.1) is 6.42 Å². The van der Waals surface area contributed by atoms with Crippen molar-refractivity contribution in [1.82, 2.24) is 10.2 Å². The molecule has 23 heavy (non-hydrogen) atoms. The Morgan fingerprint density at radius 2 is 1.96 bits per heavy atom. The maximum Gasteiger partial charge on any atom is 0.390 e. The minimum absolute atomic E-state index is 0. The van der Waals surface area contributed by atoms with Gasteiger partial charge in [0.25, 0.3) is 0 Å². The lowest BCUT2D eigenvalue weighted by Crippen LogP contribution is -2.44. The second-order valence-electron chi connectivity index (χ2n) is 5.13. The molecule has 0 aliphatic carbocycles. The zero-order valence-corrected chi connectivity index (χ0v) is 15.3. The molecule has 1 aliphatic rings. The minimum Gasteiger partial charge on any atom is -0.356 e. The highest BCUT2D eigenvalue weighted by Crippen LogP contribution is 2.22. The molecule has 1 aliphatic heterocycles. The molecule has 1 aromatic carbocycles. The van der Waals surface area contributed by atoms with E-state index in [9.17, 15) is 13.2 Å². The number of halogens is 4. The van der Waals surface area contributed by atoms with Crippen molar-refractivity contribution in [3.63, 3.8) is 0 Å². The Morgan fingerprint density at radius 3 is 2.48 bits per heavy atom. The lowest BCUT2D eigenvalue weighted by Gasteiger charge is -2.30. The van der Waals surface area contributed by atoms with Crippen LogP contribution in [-0.4, -0.2) is 43.7 Å². The normalized spacial score (nSPS) is 15.7. The van der Waals surface area contributed by atoms with Crippen molar-refractivity contribution in [2.75, 3.05) is 26.7 Å². The van der Waals surface area contributed by atoms with Crippen LogP contribution < -0.4 is 5.32 Å². The summed E-state index contributed by atoms with van der Waals surface area (Å²) in [5.41, 5.74) is 2.46. The first-order valence-electron chi connectivity index (χ1n) is 7.26. The third-order valence-corrected chi connectivity index (χ3v) is 3.56. The van der Waals surface area contributed by atoms with E-state index in [4.69, 9.17) is 0 Å². The maximum absolute atomic E-state index is 12.2. The van der Waals surface area contributed by atoms with Crippen LogP contribution in [0.5, 0.6) is 0 Å². The fourth-order valence-electron chi connectivity index (χ4n) is 2.42. The van der Waals surface area contributed by atoms with Crippen LogP contribution in [-0.2, 0) is 0 Å². The Bertz CT molecular complexity index is 541.